The predicted molar refractivity (Wildman–Crippen MR) is 67.4 cm³/mol. The van der Waals surface area contributed by atoms with Crippen molar-refractivity contribution in [1.82, 2.24) is 0 Å². The van der Waals surface area contributed by atoms with Crippen molar-refractivity contribution in [3.63, 3.8) is 0 Å². The van der Waals surface area contributed by atoms with Crippen LogP contribution in [0.15, 0.2) is 54.6 Å². The Morgan fingerprint density at radius 2 is 1.44 bits per heavy atom. The normalized spacial score (nSPS) is 10.8. The Morgan fingerprint density at radius 1 is 0.875 bits per heavy atom. The lowest BCUT2D eigenvalue weighted by Gasteiger charge is -2.02. The number of carbonyl (C=O) groups is 1. The minimum absolute atomic E-state index is 0.335. The molecular weight excluding hydrogens is 219 g/mol. The summed E-state index contributed by atoms with van der Waals surface area (Å²) in [6.07, 6.45) is 0. The minimum Gasteiger partial charge on any atom is -0.478 e. The zero-order valence-electron chi connectivity index (χ0n) is 8.55. The standard InChI is InChI=1S/C13H11O2P/c14-13(15)10-6-8-12(9-7-10)16-11-4-2-1-3-5-11/h1-9,16H,(H,14,15). The van der Waals surface area contributed by atoms with Gasteiger partial charge in [0.05, 0.1) is 5.56 Å². The van der Waals surface area contributed by atoms with Crippen molar-refractivity contribution in [2.45, 2.75) is 0 Å². The highest BCUT2D eigenvalue weighted by molar-refractivity contribution is 7.55. The molecule has 0 heterocycles. The summed E-state index contributed by atoms with van der Waals surface area (Å²) in [4.78, 5) is 10.7. The highest BCUT2D eigenvalue weighted by atomic mass is 31.1. The maximum atomic E-state index is 10.7. The smallest absolute Gasteiger partial charge is 0.335 e. The topological polar surface area (TPSA) is 37.3 Å². The van der Waals surface area contributed by atoms with Crippen molar-refractivity contribution in [2.75, 3.05) is 0 Å². The molecule has 16 heavy (non-hydrogen) atoms. The second-order valence-corrected chi connectivity index (χ2v) is 4.78. The van der Waals surface area contributed by atoms with Crippen LogP contribution in [-0.4, -0.2) is 11.1 Å². The highest BCUT2D eigenvalue weighted by Crippen LogP contribution is 2.10. The Labute approximate surface area is 95.7 Å². The monoisotopic (exact) mass is 230 g/mol. The van der Waals surface area contributed by atoms with E-state index in [4.69, 9.17) is 5.11 Å². The van der Waals surface area contributed by atoms with Crippen molar-refractivity contribution in [2.24, 2.45) is 0 Å². The van der Waals surface area contributed by atoms with Gasteiger partial charge < -0.3 is 5.11 Å². The van der Waals surface area contributed by atoms with Gasteiger partial charge in [0.15, 0.2) is 0 Å². The molecule has 1 atom stereocenters. The molecule has 1 N–H and O–H groups in total. The maximum absolute atomic E-state index is 10.7. The van der Waals surface area contributed by atoms with Crippen LogP contribution in [0.25, 0.3) is 0 Å². The summed E-state index contributed by atoms with van der Waals surface area (Å²) in [5, 5.41) is 11.2. The highest BCUT2D eigenvalue weighted by Gasteiger charge is 2.01. The van der Waals surface area contributed by atoms with Crippen molar-refractivity contribution < 1.29 is 9.90 Å². The fourth-order valence-electron chi connectivity index (χ4n) is 1.38. The minimum atomic E-state index is -0.880. The second-order valence-electron chi connectivity index (χ2n) is 3.37. The second kappa shape index (κ2) is 4.91. The van der Waals surface area contributed by atoms with Gasteiger partial charge in [0.2, 0.25) is 0 Å². The van der Waals surface area contributed by atoms with Crippen molar-refractivity contribution in [3.05, 3.63) is 60.2 Å². The number of carboxylic acids is 1. The number of hydrogen-bond acceptors (Lipinski definition) is 1. The van der Waals surface area contributed by atoms with E-state index in [1.165, 1.54) is 5.30 Å². The average molecular weight is 230 g/mol. The maximum Gasteiger partial charge on any atom is 0.335 e. The first-order valence-corrected chi connectivity index (χ1v) is 5.91. The van der Waals surface area contributed by atoms with E-state index >= 15 is 0 Å². The van der Waals surface area contributed by atoms with E-state index in [-0.39, 0.29) is 0 Å². The van der Waals surface area contributed by atoms with Gasteiger partial charge in [-0.2, -0.15) is 0 Å². The lowest BCUT2D eigenvalue weighted by Crippen LogP contribution is -2.04. The summed E-state index contributed by atoms with van der Waals surface area (Å²) < 4.78 is 0. The largest absolute Gasteiger partial charge is 0.478 e. The first-order valence-electron chi connectivity index (χ1n) is 4.91. The fourth-order valence-corrected chi connectivity index (χ4v) is 2.41. The molecule has 2 aromatic carbocycles. The third kappa shape index (κ3) is 2.68. The predicted octanol–water partition coefficient (Wildman–Crippen LogP) is 2.01. The summed E-state index contributed by atoms with van der Waals surface area (Å²) >= 11 is 0. The average Bonchev–Trinajstić information content (AvgIpc) is 2.31. The van der Waals surface area contributed by atoms with Crippen molar-refractivity contribution in [3.8, 4) is 0 Å². The molecular formula is C13H11O2P. The molecule has 0 saturated carbocycles. The van der Waals surface area contributed by atoms with Crippen molar-refractivity contribution >= 4 is 25.2 Å². The first kappa shape index (κ1) is 10.8. The van der Waals surface area contributed by atoms with E-state index < -0.39 is 5.97 Å². The third-order valence-corrected chi connectivity index (χ3v) is 3.44. The summed E-state index contributed by atoms with van der Waals surface area (Å²) in [6.45, 7) is 0. The van der Waals surface area contributed by atoms with Crippen LogP contribution in [0.1, 0.15) is 10.4 Å². The van der Waals surface area contributed by atoms with Gasteiger partial charge in [-0.05, 0) is 22.7 Å². The summed E-state index contributed by atoms with van der Waals surface area (Å²) in [5.74, 6) is -0.880. The molecule has 1 unspecified atom stereocenters. The number of benzene rings is 2. The summed E-state index contributed by atoms with van der Waals surface area (Å²) in [7, 11) is 0.574. The van der Waals surface area contributed by atoms with Crippen LogP contribution in [0, 0.1) is 0 Å². The molecule has 0 amide bonds. The van der Waals surface area contributed by atoms with Crippen LogP contribution in [-0.2, 0) is 0 Å². The molecule has 2 rings (SSSR count). The number of carboxylic acid groups (broad SMARTS) is 1. The van der Waals surface area contributed by atoms with Crippen LogP contribution in [0.2, 0.25) is 0 Å². The summed E-state index contributed by atoms with van der Waals surface area (Å²) in [6, 6.07) is 17.2. The Morgan fingerprint density at radius 3 is 2.00 bits per heavy atom. The molecule has 0 spiro atoms. The van der Waals surface area contributed by atoms with Gasteiger partial charge in [0, 0.05) is 0 Å². The van der Waals surface area contributed by atoms with E-state index in [2.05, 4.69) is 12.1 Å². The van der Waals surface area contributed by atoms with Crippen LogP contribution in [0.3, 0.4) is 0 Å². The fraction of sp³-hybridized carbons (Fsp3) is 0. The van der Waals surface area contributed by atoms with E-state index in [0.29, 0.717) is 14.1 Å². The molecule has 0 aliphatic rings. The van der Waals surface area contributed by atoms with Crippen LogP contribution >= 0.6 is 8.58 Å². The Balaban J connectivity index is 2.14. The molecule has 0 aliphatic heterocycles. The number of aromatic carboxylic acids is 1. The van der Waals surface area contributed by atoms with Crippen LogP contribution in [0.5, 0.6) is 0 Å². The number of hydrogen-bond donors (Lipinski definition) is 1. The van der Waals surface area contributed by atoms with Gasteiger partial charge in [0.25, 0.3) is 0 Å². The van der Waals surface area contributed by atoms with Gasteiger partial charge in [-0.1, -0.05) is 51.0 Å². The molecule has 0 radical (unpaired) electrons. The zero-order valence-corrected chi connectivity index (χ0v) is 9.55. The Bertz CT molecular complexity index is 477. The molecule has 2 nitrogen and oxygen atoms in total. The molecule has 0 fully saturated rings. The molecule has 0 bridgehead atoms. The lowest BCUT2D eigenvalue weighted by molar-refractivity contribution is 0.0697. The molecule has 0 saturated heterocycles. The third-order valence-electron chi connectivity index (χ3n) is 2.19. The van der Waals surface area contributed by atoms with Gasteiger partial charge >= 0.3 is 5.97 Å². The molecule has 80 valence electrons. The molecule has 3 heteroatoms. The SMILES string of the molecule is O=C(O)c1ccc(Pc2ccccc2)cc1. The first-order chi connectivity index (χ1) is 7.75. The lowest BCUT2D eigenvalue weighted by atomic mass is 10.2. The van der Waals surface area contributed by atoms with Crippen LogP contribution < -0.4 is 10.6 Å². The molecule has 0 aromatic heterocycles. The quantitative estimate of drug-likeness (QED) is 0.819. The zero-order chi connectivity index (χ0) is 11.4. The van der Waals surface area contributed by atoms with Gasteiger partial charge in [0.1, 0.15) is 0 Å². The van der Waals surface area contributed by atoms with Crippen molar-refractivity contribution in [1.29, 1.82) is 0 Å². The van der Waals surface area contributed by atoms with Crippen LogP contribution in [0.4, 0.5) is 0 Å². The van der Waals surface area contributed by atoms with Gasteiger partial charge in [-0.15, -0.1) is 0 Å². The molecule has 2 aromatic rings. The van der Waals surface area contributed by atoms with E-state index in [9.17, 15) is 4.79 Å². The number of rotatable bonds is 3. The van der Waals surface area contributed by atoms with E-state index in [0.717, 1.165) is 5.30 Å². The van der Waals surface area contributed by atoms with E-state index in [1.807, 2.05) is 30.3 Å². The Kier molecular flexibility index (Phi) is 3.33. The summed E-state index contributed by atoms with van der Waals surface area (Å²) in [5.41, 5.74) is 0.335. The Hall–Kier alpha value is -1.66. The van der Waals surface area contributed by atoms with E-state index in [1.54, 1.807) is 12.1 Å². The van der Waals surface area contributed by atoms with Gasteiger partial charge in [-0.25, -0.2) is 4.79 Å². The molecule has 0 aliphatic carbocycles. The van der Waals surface area contributed by atoms with Gasteiger partial charge in [-0.3, -0.25) is 0 Å².